The molecule has 0 aromatic heterocycles. The molecule has 0 radical (unpaired) electrons. The van der Waals surface area contributed by atoms with E-state index in [4.69, 9.17) is 9.84 Å². The first-order valence-electron chi connectivity index (χ1n) is 5.68. The van der Waals surface area contributed by atoms with Gasteiger partial charge in [0.1, 0.15) is 5.75 Å². The normalized spacial score (nSPS) is 10.7. The fraction of sp³-hybridized carbons (Fsp3) is 0.462. The highest BCUT2D eigenvalue weighted by atomic mass is 32.2. The van der Waals surface area contributed by atoms with Gasteiger partial charge in [-0.3, -0.25) is 4.79 Å². The van der Waals surface area contributed by atoms with Crippen LogP contribution in [0, 0.1) is 0 Å². The van der Waals surface area contributed by atoms with Crippen LogP contribution in [0.4, 0.5) is 0 Å². The summed E-state index contributed by atoms with van der Waals surface area (Å²) in [6, 6.07) is 6.08. The molecule has 1 rings (SSSR count). The van der Waals surface area contributed by atoms with Crippen molar-refractivity contribution in [3.8, 4) is 5.75 Å². The summed E-state index contributed by atoms with van der Waals surface area (Å²) in [5.74, 6) is 0.101. The topological polar surface area (TPSA) is 49.8 Å². The van der Waals surface area contributed by atoms with E-state index in [-0.39, 0.29) is 6.42 Å². The van der Waals surface area contributed by atoms with Gasteiger partial charge in [-0.15, -0.1) is 11.8 Å². The monoisotopic (exact) mass is 269 g/mol. The predicted molar refractivity (Wildman–Crippen MR) is 73.4 cm³/mol. The predicted octanol–water partition coefficient (Wildman–Crippen LogP) is 2.32. The number of ether oxygens (including phenoxy) is 1. The fourth-order valence-electron chi connectivity index (χ4n) is 1.66. The second-order valence-corrected chi connectivity index (χ2v) is 4.92. The van der Waals surface area contributed by atoms with Crippen molar-refractivity contribution < 1.29 is 14.6 Å². The molecule has 0 saturated carbocycles. The van der Waals surface area contributed by atoms with Gasteiger partial charge < -0.3 is 14.7 Å². The average Bonchev–Trinajstić information content (AvgIpc) is 2.36. The minimum Gasteiger partial charge on any atom is -0.496 e. The minimum atomic E-state index is -0.767. The average molecular weight is 269 g/mol. The van der Waals surface area contributed by atoms with Gasteiger partial charge in [0.15, 0.2) is 0 Å². The highest BCUT2D eigenvalue weighted by Crippen LogP contribution is 2.28. The molecule has 0 heterocycles. The van der Waals surface area contributed by atoms with Gasteiger partial charge in [-0.1, -0.05) is 6.07 Å². The van der Waals surface area contributed by atoms with Crippen LogP contribution in [0.1, 0.15) is 12.0 Å². The van der Waals surface area contributed by atoms with Crippen LogP contribution in [0.3, 0.4) is 0 Å². The summed E-state index contributed by atoms with van der Waals surface area (Å²) in [5.41, 5.74) is 1.12. The Bertz CT molecular complexity index is 409. The van der Waals surface area contributed by atoms with Crippen LogP contribution in [0.15, 0.2) is 23.1 Å². The number of carboxylic acids is 1. The molecule has 5 heteroatoms. The summed E-state index contributed by atoms with van der Waals surface area (Å²) < 4.78 is 5.32. The molecular weight excluding hydrogens is 250 g/mol. The molecule has 1 N–H and O–H groups in total. The van der Waals surface area contributed by atoms with Gasteiger partial charge in [0.25, 0.3) is 0 Å². The van der Waals surface area contributed by atoms with Crippen LogP contribution in [0.25, 0.3) is 0 Å². The van der Waals surface area contributed by atoms with Crippen molar-refractivity contribution in [2.45, 2.75) is 17.9 Å². The van der Waals surface area contributed by atoms with Crippen LogP contribution >= 0.6 is 11.8 Å². The SMILES string of the molecule is COc1cc(CN(C)CCC(=O)O)ccc1SC. The lowest BCUT2D eigenvalue weighted by atomic mass is 10.2. The highest BCUT2D eigenvalue weighted by Gasteiger charge is 2.07. The number of hydrogen-bond acceptors (Lipinski definition) is 4. The Hall–Kier alpha value is -1.20. The van der Waals surface area contributed by atoms with Crippen molar-refractivity contribution >= 4 is 17.7 Å². The Balaban J connectivity index is 2.64. The second kappa shape index (κ2) is 7.28. The molecule has 0 aliphatic heterocycles. The molecule has 1 aromatic rings. The summed E-state index contributed by atoms with van der Waals surface area (Å²) >= 11 is 1.65. The maximum Gasteiger partial charge on any atom is 0.304 e. The Kier molecular flexibility index (Phi) is 6.01. The summed E-state index contributed by atoms with van der Waals surface area (Å²) in [4.78, 5) is 13.6. The van der Waals surface area contributed by atoms with Crippen molar-refractivity contribution in [1.29, 1.82) is 0 Å². The lowest BCUT2D eigenvalue weighted by Gasteiger charge is -2.16. The standard InChI is InChI=1S/C13H19NO3S/c1-14(7-6-13(15)16)9-10-4-5-12(18-3)11(8-10)17-2/h4-5,8H,6-7,9H2,1-3H3,(H,15,16). The lowest BCUT2D eigenvalue weighted by molar-refractivity contribution is -0.137. The number of rotatable bonds is 7. The van der Waals surface area contributed by atoms with E-state index in [0.29, 0.717) is 6.54 Å². The number of carbonyl (C=O) groups is 1. The molecule has 4 nitrogen and oxygen atoms in total. The zero-order valence-corrected chi connectivity index (χ0v) is 11.8. The third kappa shape index (κ3) is 4.58. The fourth-order valence-corrected chi connectivity index (χ4v) is 2.20. The molecule has 0 aliphatic rings. The first-order chi connectivity index (χ1) is 8.56. The van der Waals surface area contributed by atoms with Crippen LogP contribution < -0.4 is 4.74 Å². The molecule has 0 atom stereocenters. The van der Waals surface area contributed by atoms with Crippen LogP contribution in [0.2, 0.25) is 0 Å². The molecule has 1 aromatic carbocycles. The molecular formula is C13H19NO3S. The third-order valence-electron chi connectivity index (χ3n) is 2.61. The van der Waals surface area contributed by atoms with Crippen molar-refractivity contribution in [2.75, 3.05) is 27.0 Å². The zero-order chi connectivity index (χ0) is 13.5. The molecule has 100 valence electrons. The van der Waals surface area contributed by atoms with Gasteiger partial charge in [-0.2, -0.15) is 0 Å². The number of hydrogen-bond donors (Lipinski definition) is 1. The van der Waals surface area contributed by atoms with Crippen molar-refractivity contribution in [3.05, 3.63) is 23.8 Å². The minimum absolute atomic E-state index is 0.163. The summed E-state index contributed by atoms with van der Waals surface area (Å²) in [7, 11) is 3.57. The van der Waals surface area contributed by atoms with E-state index < -0.39 is 5.97 Å². The van der Waals surface area contributed by atoms with Gasteiger partial charge in [-0.25, -0.2) is 0 Å². The van der Waals surface area contributed by atoms with Gasteiger partial charge in [0.05, 0.1) is 13.5 Å². The summed E-state index contributed by atoms with van der Waals surface area (Å²) in [6.07, 6.45) is 2.17. The van der Waals surface area contributed by atoms with E-state index in [9.17, 15) is 4.79 Å². The molecule has 0 spiro atoms. The van der Waals surface area contributed by atoms with Gasteiger partial charge in [0, 0.05) is 18.0 Å². The van der Waals surface area contributed by atoms with E-state index >= 15 is 0 Å². The maximum atomic E-state index is 10.5. The summed E-state index contributed by atoms with van der Waals surface area (Å²) in [5, 5.41) is 8.63. The number of carboxylic acid groups (broad SMARTS) is 1. The molecule has 0 fully saturated rings. The van der Waals surface area contributed by atoms with E-state index in [2.05, 4.69) is 0 Å². The van der Waals surface area contributed by atoms with Gasteiger partial charge in [0.2, 0.25) is 0 Å². The highest BCUT2D eigenvalue weighted by molar-refractivity contribution is 7.98. The quantitative estimate of drug-likeness (QED) is 0.770. The molecule has 0 unspecified atom stereocenters. The van der Waals surface area contributed by atoms with E-state index in [1.165, 1.54) is 0 Å². The van der Waals surface area contributed by atoms with E-state index in [1.807, 2.05) is 36.4 Å². The maximum absolute atomic E-state index is 10.5. The molecule has 0 amide bonds. The van der Waals surface area contributed by atoms with E-state index in [1.54, 1.807) is 18.9 Å². The Morgan fingerprint density at radius 3 is 2.78 bits per heavy atom. The second-order valence-electron chi connectivity index (χ2n) is 4.07. The molecule has 0 aliphatic carbocycles. The first kappa shape index (κ1) is 14.9. The van der Waals surface area contributed by atoms with Crippen LogP contribution in [-0.2, 0) is 11.3 Å². The van der Waals surface area contributed by atoms with Crippen molar-refractivity contribution in [1.82, 2.24) is 4.90 Å². The molecule has 18 heavy (non-hydrogen) atoms. The van der Waals surface area contributed by atoms with Crippen LogP contribution in [-0.4, -0.2) is 42.9 Å². The first-order valence-corrected chi connectivity index (χ1v) is 6.90. The van der Waals surface area contributed by atoms with Gasteiger partial charge >= 0.3 is 5.97 Å². The zero-order valence-electron chi connectivity index (χ0n) is 11.0. The lowest BCUT2D eigenvalue weighted by Crippen LogP contribution is -2.21. The number of benzene rings is 1. The summed E-state index contributed by atoms with van der Waals surface area (Å²) in [6.45, 7) is 1.26. The molecule has 0 bridgehead atoms. The Labute approximate surface area is 112 Å². The third-order valence-corrected chi connectivity index (χ3v) is 3.38. The smallest absolute Gasteiger partial charge is 0.304 e. The van der Waals surface area contributed by atoms with Gasteiger partial charge in [-0.05, 0) is 31.0 Å². The number of nitrogens with zero attached hydrogens (tertiary/aromatic N) is 1. The van der Waals surface area contributed by atoms with Crippen molar-refractivity contribution in [2.24, 2.45) is 0 Å². The largest absolute Gasteiger partial charge is 0.496 e. The van der Waals surface area contributed by atoms with Crippen molar-refractivity contribution in [3.63, 3.8) is 0 Å². The Morgan fingerprint density at radius 2 is 2.22 bits per heavy atom. The molecule has 0 saturated heterocycles. The number of aliphatic carboxylic acids is 1. The Morgan fingerprint density at radius 1 is 1.50 bits per heavy atom. The number of methoxy groups -OCH3 is 1. The number of thioether (sulfide) groups is 1. The van der Waals surface area contributed by atoms with E-state index in [0.717, 1.165) is 22.8 Å². The van der Waals surface area contributed by atoms with Crippen LogP contribution in [0.5, 0.6) is 5.75 Å².